The van der Waals surface area contributed by atoms with Crippen LogP contribution >= 0.6 is 27.5 Å². The van der Waals surface area contributed by atoms with Crippen LogP contribution in [0.25, 0.3) is 0 Å². The minimum atomic E-state index is 0.289. The van der Waals surface area contributed by atoms with Crippen LogP contribution in [0.5, 0.6) is 5.75 Å². The number of hydrogen-bond acceptors (Lipinski definition) is 3. The van der Waals surface area contributed by atoms with Crippen LogP contribution in [0.1, 0.15) is 12.8 Å². The minimum Gasteiger partial charge on any atom is -0.493 e. The zero-order valence-corrected chi connectivity index (χ0v) is 12.0. The van der Waals surface area contributed by atoms with E-state index in [1.165, 1.54) is 0 Å². The van der Waals surface area contributed by atoms with E-state index in [2.05, 4.69) is 21.2 Å². The van der Waals surface area contributed by atoms with E-state index in [-0.39, 0.29) is 6.10 Å². The zero-order chi connectivity index (χ0) is 12.3. The number of halogens is 2. The molecule has 1 unspecified atom stereocenters. The lowest BCUT2D eigenvalue weighted by molar-refractivity contribution is 0.120. The Labute approximate surface area is 115 Å². The van der Waals surface area contributed by atoms with Crippen LogP contribution in [0.2, 0.25) is 5.02 Å². The molecule has 1 saturated heterocycles. The van der Waals surface area contributed by atoms with E-state index in [4.69, 9.17) is 21.1 Å². The van der Waals surface area contributed by atoms with Crippen LogP contribution < -0.4 is 10.1 Å². The van der Waals surface area contributed by atoms with Gasteiger partial charge >= 0.3 is 0 Å². The molecule has 94 valence electrons. The summed E-state index contributed by atoms with van der Waals surface area (Å²) >= 11 is 9.45. The van der Waals surface area contributed by atoms with Gasteiger partial charge in [0.25, 0.3) is 0 Å². The van der Waals surface area contributed by atoms with Gasteiger partial charge in [0.1, 0.15) is 0 Å². The average Bonchev–Trinajstić information content (AvgIpc) is 2.78. The van der Waals surface area contributed by atoms with Crippen LogP contribution in [0.3, 0.4) is 0 Å². The van der Waals surface area contributed by atoms with Crippen LogP contribution in [0.4, 0.5) is 5.69 Å². The Kier molecular flexibility index (Phi) is 4.54. The van der Waals surface area contributed by atoms with E-state index >= 15 is 0 Å². The van der Waals surface area contributed by atoms with Gasteiger partial charge in [-0.15, -0.1) is 0 Å². The van der Waals surface area contributed by atoms with Crippen molar-refractivity contribution >= 4 is 33.2 Å². The second-order valence-electron chi connectivity index (χ2n) is 3.98. The maximum absolute atomic E-state index is 6.02. The van der Waals surface area contributed by atoms with Crippen molar-refractivity contribution in [3.63, 3.8) is 0 Å². The molecule has 1 aliphatic heterocycles. The van der Waals surface area contributed by atoms with Gasteiger partial charge < -0.3 is 14.8 Å². The van der Waals surface area contributed by atoms with Crippen molar-refractivity contribution < 1.29 is 9.47 Å². The third-order valence-corrected chi connectivity index (χ3v) is 3.56. The predicted octanol–water partition coefficient (Wildman–Crippen LogP) is 3.70. The molecule has 1 aromatic rings. The summed E-state index contributed by atoms with van der Waals surface area (Å²) < 4.78 is 11.7. The SMILES string of the molecule is COc1c(Br)cc(Cl)cc1NCC1CCCO1. The Balaban J connectivity index is 2.07. The fraction of sp³-hybridized carbons (Fsp3) is 0.500. The van der Waals surface area contributed by atoms with Gasteiger partial charge in [0.05, 0.1) is 23.4 Å². The van der Waals surface area contributed by atoms with E-state index in [0.29, 0.717) is 5.02 Å². The van der Waals surface area contributed by atoms with Gasteiger partial charge in [0, 0.05) is 18.2 Å². The van der Waals surface area contributed by atoms with Gasteiger partial charge in [-0.2, -0.15) is 0 Å². The highest BCUT2D eigenvalue weighted by Gasteiger charge is 2.16. The van der Waals surface area contributed by atoms with E-state index in [1.54, 1.807) is 7.11 Å². The van der Waals surface area contributed by atoms with E-state index in [1.807, 2.05) is 12.1 Å². The highest BCUT2D eigenvalue weighted by atomic mass is 79.9. The maximum Gasteiger partial charge on any atom is 0.156 e. The lowest BCUT2D eigenvalue weighted by atomic mass is 10.2. The Morgan fingerprint density at radius 2 is 2.41 bits per heavy atom. The Morgan fingerprint density at radius 3 is 3.06 bits per heavy atom. The normalized spacial score (nSPS) is 19.4. The largest absolute Gasteiger partial charge is 0.493 e. The van der Waals surface area contributed by atoms with Crippen LogP contribution in [0.15, 0.2) is 16.6 Å². The first kappa shape index (κ1) is 13.0. The summed E-state index contributed by atoms with van der Waals surface area (Å²) in [5.41, 5.74) is 0.891. The molecule has 2 rings (SSSR count). The maximum atomic E-state index is 6.02. The molecule has 0 radical (unpaired) electrons. The van der Waals surface area contributed by atoms with Crippen molar-refractivity contribution in [2.45, 2.75) is 18.9 Å². The third kappa shape index (κ3) is 3.27. The van der Waals surface area contributed by atoms with Crippen molar-refractivity contribution in [2.75, 3.05) is 25.6 Å². The molecule has 1 heterocycles. The smallest absolute Gasteiger partial charge is 0.156 e. The minimum absolute atomic E-state index is 0.289. The lowest BCUT2D eigenvalue weighted by Gasteiger charge is -2.16. The van der Waals surface area contributed by atoms with Gasteiger partial charge in [0.15, 0.2) is 5.75 Å². The lowest BCUT2D eigenvalue weighted by Crippen LogP contribution is -2.18. The van der Waals surface area contributed by atoms with Gasteiger partial charge in [-0.1, -0.05) is 11.6 Å². The van der Waals surface area contributed by atoms with Gasteiger partial charge in [-0.3, -0.25) is 0 Å². The molecule has 1 atom stereocenters. The number of nitrogens with one attached hydrogen (secondary N) is 1. The quantitative estimate of drug-likeness (QED) is 0.917. The Bertz CT molecular complexity index is 394. The molecule has 0 amide bonds. The predicted molar refractivity (Wildman–Crippen MR) is 73.2 cm³/mol. The number of ether oxygens (including phenoxy) is 2. The summed E-state index contributed by atoms with van der Waals surface area (Å²) in [6, 6.07) is 3.68. The molecule has 0 aliphatic carbocycles. The second-order valence-corrected chi connectivity index (χ2v) is 5.28. The molecule has 5 heteroatoms. The standard InChI is InChI=1S/C12H15BrClNO2/c1-16-12-10(13)5-8(14)6-11(12)15-7-9-3-2-4-17-9/h5-6,9,15H,2-4,7H2,1H3. The topological polar surface area (TPSA) is 30.5 Å². The number of hydrogen-bond donors (Lipinski definition) is 1. The fourth-order valence-corrected chi connectivity index (χ4v) is 2.90. The fourth-order valence-electron chi connectivity index (χ4n) is 1.93. The summed E-state index contributed by atoms with van der Waals surface area (Å²) in [4.78, 5) is 0. The second kappa shape index (κ2) is 5.94. The molecular formula is C12H15BrClNO2. The first-order valence-corrected chi connectivity index (χ1v) is 6.76. The van der Waals surface area contributed by atoms with E-state index in [9.17, 15) is 0 Å². The summed E-state index contributed by atoms with van der Waals surface area (Å²) in [6.07, 6.45) is 2.54. The van der Waals surface area contributed by atoms with Crippen LogP contribution in [-0.4, -0.2) is 26.4 Å². The molecule has 0 saturated carbocycles. The summed E-state index contributed by atoms with van der Waals surface area (Å²) in [5, 5.41) is 4.00. The Hall–Kier alpha value is -0.450. The first-order chi connectivity index (χ1) is 8.20. The molecule has 1 fully saturated rings. The number of rotatable bonds is 4. The van der Waals surface area contributed by atoms with Gasteiger partial charge in [-0.25, -0.2) is 0 Å². The molecule has 1 aromatic carbocycles. The van der Waals surface area contributed by atoms with E-state index < -0.39 is 0 Å². The summed E-state index contributed by atoms with van der Waals surface area (Å²) in [5.74, 6) is 0.771. The molecule has 17 heavy (non-hydrogen) atoms. The van der Waals surface area contributed by atoms with E-state index in [0.717, 1.165) is 41.9 Å². The number of methoxy groups -OCH3 is 1. The monoisotopic (exact) mass is 319 g/mol. The van der Waals surface area contributed by atoms with Crippen molar-refractivity contribution in [2.24, 2.45) is 0 Å². The highest BCUT2D eigenvalue weighted by Crippen LogP contribution is 2.36. The number of anilines is 1. The summed E-state index contributed by atoms with van der Waals surface area (Å²) in [7, 11) is 1.64. The molecule has 0 aromatic heterocycles. The Morgan fingerprint density at radius 1 is 1.59 bits per heavy atom. The third-order valence-electron chi connectivity index (χ3n) is 2.76. The molecule has 0 spiro atoms. The highest BCUT2D eigenvalue weighted by molar-refractivity contribution is 9.10. The average molecular weight is 321 g/mol. The van der Waals surface area contributed by atoms with Gasteiger partial charge in [-0.05, 0) is 40.9 Å². The first-order valence-electron chi connectivity index (χ1n) is 5.59. The molecule has 1 aliphatic rings. The van der Waals surface area contributed by atoms with Crippen LogP contribution in [-0.2, 0) is 4.74 Å². The molecular weight excluding hydrogens is 305 g/mol. The van der Waals surface area contributed by atoms with Gasteiger partial charge in [0.2, 0.25) is 0 Å². The van der Waals surface area contributed by atoms with Crippen molar-refractivity contribution in [1.29, 1.82) is 0 Å². The van der Waals surface area contributed by atoms with Crippen LogP contribution in [0, 0.1) is 0 Å². The van der Waals surface area contributed by atoms with Crippen molar-refractivity contribution in [3.8, 4) is 5.75 Å². The zero-order valence-electron chi connectivity index (χ0n) is 9.63. The molecule has 1 N–H and O–H groups in total. The molecule has 3 nitrogen and oxygen atoms in total. The summed E-state index contributed by atoms with van der Waals surface area (Å²) in [6.45, 7) is 1.64. The van der Waals surface area contributed by atoms with Crippen molar-refractivity contribution in [3.05, 3.63) is 21.6 Å². The number of benzene rings is 1. The molecule has 0 bridgehead atoms. The van der Waals surface area contributed by atoms with Crippen molar-refractivity contribution in [1.82, 2.24) is 0 Å².